The predicted molar refractivity (Wildman–Crippen MR) is 94.2 cm³/mol. The average Bonchev–Trinajstić information content (AvgIpc) is 2.64. The van der Waals surface area contributed by atoms with Gasteiger partial charge in [-0.1, -0.05) is 30.3 Å². The van der Waals surface area contributed by atoms with Gasteiger partial charge in [-0.15, -0.1) is 0 Å². The molecule has 0 heterocycles. The number of carboxylic acids is 1. The average molecular weight is 377 g/mol. The van der Waals surface area contributed by atoms with Crippen LogP contribution < -0.4 is 10.6 Å². The van der Waals surface area contributed by atoms with E-state index in [-0.39, 0.29) is 13.0 Å². The van der Waals surface area contributed by atoms with E-state index in [0.717, 1.165) is 5.56 Å². The lowest BCUT2D eigenvalue weighted by atomic mass is 10.0. The monoisotopic (exact) mass is 377 g/mol. The maximum atomic E-state index is 12.3. The number of nitrogens with one attached hydrogen (secondary N) is 2. The largest absolute Gasteiger partial charge is 0.480 e. The maximum Gasteiger partial charge on any atom is 0.408 e. The van der Waals surface area contributed by atoms with Crippen molar-refractivity contribution < 1.29 is 29.3 Å². The summed E-state index contributed by atoms with van der Waals surface area (Å²) < 4.78 is 4.99. The molecule has 2 amide bonds. The molecular weight excluding hydrogens is 354 g/mol. The van der Waals surface area contributed by atoms with Gasteiger partial charge in [0.1, 0.15) is 18.7 Å². The van der Waals surface area contributed by atoms with Gasteiger partial charge in [0.15, 0.2) is 0 Å². The van der Waals surface area contributed by atoms with E-state index in [1.165, 1.54) is 13.8 Å². The predicted octanol–water partition coefficient (Wildman–Crippen LogP) is 0.781. The van der Waals surface area contributed by atoms with Crippen molar-refractivity contribution in [3.63, 3.8) is 0 Å². The zero-order valence-electron chi connectivity index (χ0n) is 15.1. The van der Waals surface area contributed by atoms with E-state index in [4.69, 9.17) is 10.00 Å². The number of carbonyl (C=O) groups excluding carboxylic acids is 2. The van der Waals surface area contributed by atoms with Crippen LogP contribution in [0.4, 0.5) is 4.79 Å². The Morgan fingerprint density at radius 1 is 1.19 bits per heavy atom. The van der Waals surface area contributed by atoms with Crippen LogP contribution in [-0.2, 0) is 20.9 Å². The number of rotatable bonds is 9. The summed E-state index contributed by atoms with van der Waals surface area (Å²) >= 11 is 0. The number of ether oxygens (including phenoxy) is 1. The molecule has 0 aliphatic rings. The van der Waals surface area contributed by atoms with Crippen molar-refractivity contribution >= 4 is 18.0 Å². The normalized spacial score (nSPS) is 14.7. The minimum Gasteiger partial charge on any atom is -0.480 e. The molecule has 0 aromatic heterocycles. The Morgan fingerprint density at radius 3 is 2.33 bits per heavy atom. The molecule has 0 bridgehead atoms. The second kappa shape index (κ2) is 10.8. The summed E-state index contributed by atoms with van der Waals surface area (Å²) in [5, 5.41) is 32.2. The van der Waals surface area contributed by atoms with Crippen molar-refractivity contribution in [2.24, 2.45) is 5.92 Å². The van der Waals surface area contributed by atoms with Crippen LogP contribution in [0.15, 0.2) is 30.3 Å². The Balaban J connectivity index is 2.67. The Morgan fingerprint density at radius 2 is 1.81 bits per heavy atom. The topological polar surface area (TPSA) is 149 Å². The number of nitrogens with zero attached hydrogens (tertiary/aromatic N) is 1. The first-order valence-electron chi connectivity index (χ1n) is 8.32. The van der Waals surface area contributed by atoms with Crippen molar-refractivity contribution in [1.82, 2.24) is 10.6 Å². The first-order chi connectivity index (χ1) is 12.7. The van der Waals surface area contributed by atoms with Crippen LogP contribution >= 0.6 is 0 Å². The van der Waals surface area contributed by atoms with Crippen LogP contribution in [-0.4, -0.2) is 46.4 Å². The van der Waals surface area contributed by atoms with Crippen molar-refractivity contribution in [2.75, 3.05) is 0 Å². The van der Waals surface area contributed by atoms with Gasteiger partial charge in [0.25, 0.3) is 0 Å². The molecule has 0 aliphatic carbocycles. The van der Waals surface area contributed by atoms with E-state index in [0.29, 0.717) is 0 Å². The lowest BCUT2D eigenvalue weighted by Gasteiger charge is -2.23. The Bertz CT molecular complexity index is 686. The number of carboxylic acid groups (broad SMARTS) is 1. The highest BCUT2D eigenvalue weighted by Gasteiger charge is 2.30. The van der Waals surface area contributed by atoms with Gasteiger partial charge < -0.3 is 25.6 Å². The third-order valence-electron chi connectivity index (χ3n) is 3.68. The minimum atomic E-state index is -1.41. The number of hydrogen-bond donors (Lipinski definition) is 4. The summed E-state index contributed by atoms with van der Waals surface area (Å²) in [5.74, 6) is -2.80. The summed E-state index contributed by atoms with van der Waals surface area (Å²) in [6.07, 6.45) is -2.34. The second-order valence-corrected chi connectivity index (χ2v) is 6.09. The molecule has 1 rings (SSSR count). The lowest BCUT2D eigenvalue weighted by Crippen LogP contribution is -2.56. The third-order valence-corrected chi connectivity index (χ3v) is 3.68. The maximum absolute atomic E-state index is 12.3. The summed E-state index contributed by atoms with van der Waals surface area (Å²) in [7, 11) is 0. The number of alkyl carbamates (subject to hydrolysis) is 1. The van der Waals surface area contributed by atoms with E-state index in [1.807, 2.05) is 12.1 Å². The molecule has 9 heteroatoms. The van der Waals surface area contributed by atoms with Crippen molar-refractivity contribution in [3.05, 3.63) is 35.9 Å². The first kappa shape index (κ1) is 21.9. The molecule has 4 atom stereocenters. The van der Waals surface area contributed by atoms with Crippen LogP contribution in [0.5, 0.6) is 0 Å². The van der Waals surface area contributed by atoms with Crippen LogP contribution in [0.3, 0.4) is 0 Å². The fourth-order valence-corrected chi connectivity index (χ4v) is 2.19. The number of nitriles is 1. The SMILES string of the molecule is C[C@@H](C#N)C[C@H](NC(=O)[C@@H](NC(=O)OCc1ccccc1)[C@@H](C)O)C(=O)O. The fourth-order valence-electron chi connectivity index (χ4n) is 2.19. The van der Waals surface area contributed by atoms with Gasteiger partial charge in [-0.3, -0.25) is 4.79 Å². The first-order valence-corrected chi connectivity index (χ1v) is 8.32. The number of aliphatic carboxylic acids is 1. The van der Waals surface area contributed by atoms with Crippen LogP contribution in [0.1, 0.15) is 25.8 Å². The second-order valence-electron chi connectivity index (χ2n) is 6.09. The minimum absolute atomic E-state index is 0.0295. The van der Waals surface area contributed by atoms with Crippen molar-refractivity contribution in [2.45, 2.75) is 45.1 Å². The molecule has 0 aliphatic heterocycles. The number of hydrogen-bond acceptors (Lipinski definition) is 6. The lowest BCUT2D eigenvalue weighted by molar-refractivity contribution is -0.142. The van der Waals surface area contributed by atoms with E-state index >= 15 is 0 Å². The summed E-state index contributed by atoms with van der Waals surface area (Å²) in [5.41, 5.74) is 0.738. The molecule has 4 N–H and O–H groups in total. The van der Waals surface area contributed by atoms with Gasteiger partial charge >= 0.3 is 12.1 Å². The molecule has 146 valence electrons. The zero-order chi connectivity index (χ0) is 20.4. The number of aliphatic hydroxyl groups is 1. The summed E-state index contributed by atoms with van der Waals surface area (Å²) in [4.78, 5) is 35.4. The molecule has 9 nitrogen and oxygen atoms in total. The van der Waals surface area contributed by atoms with Crippen LogP contribution in [0.25, 0.3) is 0 Å². The van der Waals surface area contributed by atoms with Crippen LogP contribution in [0, 0.1) is 17.2 Å². The zero-order valence-corrected chi connectivity index (χ0v) is 15.1. The van der Waals surface area contributed by atoms with Gasteiger partial charge in [0.05, 0.1) is 12.2 Å². The van der Waals surface area contributed by atoms with E-state index in [9.17, 15) is 24.6 Å². The standard InChI is InChI=1S/C18H23N3O6/c1-11(9-19)8-14(17(24)25)20-16(23)15(12(2)22)21-18(26)27-10-13-6-4-3-5-7-13/h3-7,11-12,14-15,22H,8,10H2,1-2H3,(H,20,23)(H,21,26)(H,24,25)/t11-,12-,14+,15+/m1/s1. The molecule has 0 saturated carbocycles. The number of amides is 2. The summed E-state index contributed by atoms with van der Waals surface area (Å²) in [6, 6.07) is 8.01. The van der Waals surface area contributed by atoms with E-state index in [2.05, 4.69) is 10.6 Å². The van der Waals surface area contributed by atoms with Gasteiger partial charge in [-0.25, -0.2) is 9.59 Å². The van der Waals surface area contributed by atoms with E-state index < -0.39 is 42.1 Å². The third kappa shape index (κ3) is 7.75. The molecule has 0 spiro atoms. The smallest absolute Gasteiger partial charge is 0.408 e. The Hall–Kier alpha value is -3.12. The molecular formula is C18H23N3O6. The fraction of sp³-hybridized carbons (Fsp3) is 0.444. The Labute approximate surface area is 156 Å². The molecule has 1 aromatic rings. The quantitative estimate of drug-likeness (QED) is 0.497. The number of benzene rings is 1. The van der Waals surface area contributed by atoms with Crippen molar-refractivity contribution in [3.8, 4) is 6.07 Å². The van der Waals surface area contributed by atoms with E-state index in [1.54, 1.807) is 24.3 Å². The molecule has 1 aromatic carbocycles. The number of aliphatic hydroxyl groups excluding tert-OH is 1. The highest BCUT2D eigenvalue weighted by Crippen LogP contribution is 2.07. The highest BCUT2D eigenvalue weighted by molar-refractivity contribution is 5.89. The van der Waals surface area contributed by atoms with Crippen molar-refractivity contribution in [1.29, 1.82) is 5.26 Å². The van der Waals surface area contributed by atoms with Gasteiger partial charge in [-0.2, -0.15) is 5.26 Å². The van der Waals surface area contributed by atoms with Crippen LogP contribution in [0.2, 0.25) is 0 Å². The molecule has 0 radical (unpaired) electrons. The Kier molecular flexibility index (Phi) is 8.75. The number of carbonyl (C=O) groups is 3. The molecule has 0 unspecified atom stereocenters. The molecule has 0 fully saturated rings. The molecule has 0 saturated heterocycles. The van der Waals surface area contributed by atoms with Gasteiger partial charge in [0.2, 0.25) is 5.91 Å². The molecule has 27 heavy (non-hydrogen) atoms. The van der Waals surface area contributed by atoms with Gasteiger partial charge in [0, 0.05) is 5.92 Å². The van der Waals surface area contributed by atoms with Gasteiger partial charge in [-0.05, 0) is 25.8 Å². The highest BCUT2D eigenvalue weighted by atomic mass is 16.5. The summed E-state index contributed by atoms with van der Waals surface area (Å²) in [6.45, 7) is 2.76.